The molecule has 0 fully saturated rings. The van der Waals surface area contributed by atoms with Gasteiger partial charge in [-0.15, -0.1) is 0 Å². The highest BCUT2D eigenvalue weighted by Crippen LogP contribution is 2.32. The average Bonchev–Trinajstić information content (AvgIpc) is 2.63. The summed E-state index contributed by atoms with van der Waals surface area (Å²) >= 11 is 12.0. The molecule has 26 heavy (non-hydrogen) atoms. The van der Waals surface area contributed by atoms with Crippen LogP contribution in [0.1, 0.15) is 11.1 Å². The van der Waals surface area contributed by atoms with Crippen LogP contribution in [-0.4, -0.2) is 4.98 Å². The average molecular weight is 381 g/mol. The number of pyridine rings is 1. The van der Waals surface area contributed by atoms with Gasteiger partial charge in [0.2, 0.25) is 0 Å². The molecule has 0 radical (unpaired) electrons. The molecule has 3 rings (SSSR count). The van der Waals surface area contributed by atoms with E-state index in [1.165, 1.54) is 0 Å². The second-order valence-corrected chi connectivity index (χ2v) is 6.24. The van der Waals surface area contributed by atoms with Crippen LogP contribution in [0.4, 0.5) is 5.82 Å². The normalized spacial score (nSPS) is 10.2. The molecule has 0 amide bonds. The van der Waals surface area contributed by atoms with Crippen LogP contribution in [0.3, 0.4) is 0 Å². The Labute approximate surface area is 158 Å². The van der Waals surface area contributed by atoms with Gasteiger partial charge in [-0.25, -0.2) is 0 Å². The minimum Gasteiger partial charge on any atom is -0.384 e. The fourth-order valence-electron chi connectivity index (χ4n) is 2.64. The van der Waals surface area contributed by atoms with Gasteiger partial charge in [-0.05, 0) is 28.8 Å². The minimum absolute atomic E-state index is 0.0587. The number of aromatic amines is 1. The first-order valence-corrected chi connectivity index (χ1v) is 8.13. The number of nitrogens with two attached hydrogens (primary N) is 1. The summed E-state index contributed by atoms with van der Waals surface area (Å²) < 4.78 is 0. The van der Waals surface area contributed by atoms with Crippen LogP contribution in [0.25, 0.3) is 22.3 Å². The minimum atomic E-state index is -0.632. The van der Waals surface area contributed by atoms with E-state index in [0.717, 1.165) is 11.1 Å². The summed E-state index contributed by atoms with van der Waals surface area (Å²) in [7, 11) is 0. The number of anilines is 1. The number of rotatable bonds is 2. The van der Waals surface area contributed by atoms with E-state index in [1.54, 1.807) is 36.4 Å². The molecule has 0 bridgehead atoms. The summed E-state index contributed by atoms with van der Waals surface area (Å²) in [5, 5.41) is 19.6. The summed E-state index contributed by atoms with van der Waals surface area (Å²) in [4.78, 5) is 14.3. The number of nitrogens with zero attached hydrogens (tertiary/aromatic N) is 2. The zero-order chi connectivity index (χ0) is 18.8. The van der Waals surface area contributed by atoms with Crippen LogP contribution in [-0.2, 0) is 0 Å². The van der Waals surface area contributed by atoms with E-state index in [1.807, 2.05) is 18.2 Å². The van der Waals surface area contributed by atoms with Gasteiger partial charge in [0.15, 0.2) is 0 Å². The van der Waals surface area contributed by atoms with Crippen LogP contribution in [0.2, 0.25) is 10.0 Å². The van der Waals surface area contributed by atoms with Crippen molar-refractivity contribution in [3.05, 3.63) is 74.0 Å². The number of nitrogen functional groups attached to an aromatic ring is 1. The first-order chi connectivity index (χ1) is 12.5. The van der Waals surface area contributed by atoms with Gasteiger partial charge >= 0.3 is 0 Å². The lowest BCUT2D eigenvalue weighted by Crippen LogP contribution is -2.16. The van der Waals surface area contributed by atoms with E-state index >= 15 is 0 Å². The van der Waals surface area contributed by atoms with Crippen molar-refractivity contribution in [1.82, 2.24) is 4.98 Å². The van der Waals surface area contributed by atoms with Gasteiger partial charge in [-0.3, -0.25) is 4.79 Å². The molecule has 7 heteroatoms. The van der Waals surface area contributed by atoms with E-state index < -0.39 is 5.56 Å². The van der Waals surface area contributed by atoms with Crippen LogP contribution in [0, 0.1) is 22.7 Å². The number of nitrogens with one attached hydrogen (secondary N) is 1. The Morgan fingerprint density at radius 3 is 2.00 bits per heavy atom. The first-order valence-electron chi connectivity index (χ1n) is 7.38. The van der Waals surface area contributed by atoms with Crippen LogP contribution >= 0.6 is 23.2 Å². The van der Waals surface area contributed by atoms with Crippen molar-refractivity contribution < 1.29 is 0 Å². The SMILES string of the molecule is N#Cc1c(N)[nH]c(=O)c(C#N)c1-c1ccc(-c2ccc(Cl)c(Cl)c2)cc1. The second-order valence-electron chi connectivity index (χ2n) is 5.42. The monoisotopic (exact) mass is 380 g/mol. The van der Waals surface area contributed by atoms with Crippen molar-refractivity contribution in [2.75, 3.05) is 5.73 Å². The van der Waals surface area contributed by atoms with Gasteiger partial charge in [0.1, 0.15) is 29.1 Å². The Morgan fingerprint density at radius 2 is 1.42 bits per heavy atom. The van der Waals surface area contributed by atoms with Crippen molar-refractivity contribution in [2.24, 2.45) is 0 Å². The van der Waals surface area contributed by atoms with Crippen LogP contribution < -0.4 is 11.3 Å². The second kappa shape index (κ2) is 6.93. The van der Waals surface area contributed by atoms with Crippen molar-refractivity contribution in [1.29, 1.82) is 10.5 Å². The zero-order valence-corrected chi connectivity index (χ0v) is 14.7. The maximum atomic E-state index is 12.0. The first kappa shape index (κ1) is 17.6. The van der Waals surface area contributed by atoms with Gasteiger partial charge in [0, 0.05) is 5.56 Å². The van der Waals surface area contributed by atoms with Gasteiger partial charge in [-0.1, -0.05) is 53.5 Å². The molecule has 0 atom stereocenters. The molecule has 2 aromatic carbocycles. The summed E-state index contributed by atoms with van der Waals surface area (Å²) in [5.41, 5.74) is 7.49. The zero-order valence-electron chi connectivity index (χ0n) is 13.2. The van der Waals surface area contributed by atoms with Crippen molar-refractivity contribution in [3.8, 4) is 34.4 Å². The highest BCUT2D eigenvalue weighted by Gasteiger charge is 2.18. The highest BCUT2D eigenvalue weighted by atomic mass is 35.5. The Hall–Kier alpha value is -3.25. The van der Waals surface area contributed by atoms with Crippen LogP contribution in [0.15, 0.2) is 47.3 Å². The van der Waals surface area contributed by atoms with Gasteiger partial charge < -0.3 is 10.7 Å². The van der Waals surface area contributed by atoms with E-state index in [9.17, 15) is 15.3 Å². The van der Waals surface area contributed by atoms with Gasteiger partial charge in [0.05, 0.1) is 10.0 Å². The fourth-order valence-corrected chi connectivity index (χ4v) is 2.94. The Kier molecular flexibility index (Phi) is 4.69. The molecule has 126 valence electrons. The molecule has 1 heterocycles. The molecular formula is C19H10Cl2N4O. The summed E-state index contributed by atoms with van der Waals surface area (Å²) in [5.74, 6) is -0.0694. The topological polar surface area (TPSA) is 106 Å². The predicted octanol–water partition coefficient (Wildman–Crippen LogP) is 4.34. The van der Waals surface area contributed by atoms with Crippen LogP contribution in [0.5, 0.6) is 0 Å². The number of halogens is 2. The third-order valence-electron chi connectivity index (χ3n) is 3.89. The lowest BCUT2D eigenvalue weighted by molar-refractivity contribution is 1.21. The van der Waals surface area contributed by atoms with Gasteiger partial charge in [-0.2, -0.15) is 10.5 Å². The van der Waals surface area contributed by atoms with Crippen molar-refractivity contribution in [3.63, 3.8) is 0 Å². The maximum Gasteiger partial charge on any atom is 0.268 e. The van der Waals surface area contributed by atoms with E-state index in [0.29, 0.717) is 15.6 Å². The highest BCUT2D eigenvalue weighted by molar-refractivity contribution is 6.42. The number of nitriles is 2. The molecule has 0 spiro atoms. The molecule has 3 N–H and O–H groups in total. The fraction of sp³-hybridized carbons (Fsp3) is 0. The molecule has 5 nitrogen and oxygen atoms in total. The van der Waals surface area contributed by atoms with Crippen molar-refractivity contribution >= 4 is 29.0 Å². The Morgan fingerprint density at radius 1 is 0.846 bits per heavy atom. The quantitative estimate of drug-likeness (QED) is 0.689. The molecule has 0 aliphatic heterocycles. The number of hydrogen-bond donors (Lipinski definition) is 2. The lowest BCUT2D eigenvalue weighted by atomic mass is 9.95. The lowest BCUT2D eigenvalue weighted by Gasteiger charge is -2.10. The smallest absolute Gasteiger partial charge is 0.268 e. The number of H-pyrrole nitrogens is 1. The molecule has 3 aromatic rings. The molecule has 0 aliphatic rings. The predicted molar refractivity (Wildman–Crippen MR) is 102 cm³/mol. The maximum absolute atomic E-state index is 12.0. The van der Waals surface area contributed by atoms with Gasteiger partial charge in [0.25, 0.3) is 5.56 Å². The molecule has 0 aliphatic carbocycles. The Bertz CT molecular complexity index is 1150. The van der Waals surface area contributed by atoms with E-state index in [4.69, 9.17) is 28.9 Å². The largest absolute Gasteiger partial charge is 0.384 e. The summed E-state index contributed by atoms with van der Waals surface area (Å²) in [6.45, 7) is 0. The molecule has 0 saturated carbocycles. The van der Waals surface area contributed by atoms with E-state index in [2.05, 4.69) is 4.98 Å². The van der Waals surface area contributed by atoms with Crippen molar-refractivity contribution in [2.45, 2.75) is 0 Å². The number of benzene rings is 2. The summed E-state index contributed by atoms with van der Waals surface area (Å²) in [6, 6.07) is 16.1. The molecule has 0 unspecified atom stereocenters. The summed E-state index contributed by atoms with van der Waals surface area (Å²) in [6.07, 6.45) is 0. The third-order valence-corrected chi connectivity index (χ3v) is 4.63. The molecule has 0 saturated heterocycles. The van der Waals surface area contributed by atoms with E-state index in [-0.39, 0.29) is 22.5 Å². The Balaban J connectivity index is 2.16. The molecular weight excluding hydrogens is 371 g/mol. The molecule has 1 aromatic heterocycles. The number of aromatic nitrogens is 1. The number of hydrogen-bond acceptors (Lipinski definition) is 4. The standard InChI is InChI=1S/C19H10Cl2N4O/c20-15-6-5-12(7-16(15)21)10-1-3-11(4-2-10)17-13(8-22)18(24)25-19(26)14(17)9-23/h1-7H,(H3,24,25,26). The third kappa shape index (κ3) is 3.02.